The van der Waals surface area contributed by atoms with E-state index in [9.17, 15) is 22.8 Å². The molecule has 1 saturated heterocycles. The number of hydrogen-bond donors (Lipinski definition) is 0. The van der Waals surface area contributed by atoms with Gasteiger partial charge in [-0.25, -0.2) is 0 Å². The van der Waals surface area contributed by atoms with Crippen LogP contribution in [0, 0.1) is 5.92 Å². The number of amides is 2. The Balaban J connectivity index is 1.63. The number of para-hydroxylation sites is 1. The molecule has 2 heterocycles. The first kappa shape index (κ1) is 22.5. The van der Waals surface area contributed by atoms with Crippen LogP contribution in [0.5, 0.6) is 0 Å². The van der Waals surface area contributed by atoms with Gasteiger partial charge in [0.25, 0.3) is 5.91 Å². The average molecular weight is 461 g/mol. The summed E-state index contributed by atoms with van der Waals surface area (Å²) in [7, 11) is 0. The first-order valence-electron chi connectivity index (χ1n) is 10.5. The largest absolute Gasteiger partial charge is 0.416 e. The van der Waals surface area contributed by atoms with E-state index in [2.05, 4.69) is 6.92 Å². The molecule has 0 saturated carbocycles. The predicted molar refractivity (Wildman–Crippen MR) is 118 cm³/mol. The van der Waals surface area contributed by atoms with Crippen LogP contribution in [0.15, 0.2) is 64.4 Å². The van der Waals surface area contributed by atoms with Crippen LogP contribution >= 0.6 is 11.8 Å². The minimum atomic E-state index is -4.46. The van der Waals surface area contributed by atoms with E-state index in [0.717, 1.165) is 29.9 Å². The van der Waals surface area contributed by atoms with Crippen molar-refractivity contribution in [3.8, 4) is 0 Å². The van der Waals surface area contributed by atoms with Crippen molar-refractivity contribution in [2.75, 3.05) is 18.0 Å². The van der Waals surface area contributed by atoms with Crippen LogP contribution in [-0.4, -0.2) is 29.8 Å². The van der Waals surface area contributed by atoms with Crippen molar-refractivity contribution in [1.29, 1.82) is 0 Å². The normalized spacial score (nSPS) is 20.4. The van der Waals surface area contributed by atoms with E-state index in [1.165, 1.54) is 28.8 Å². The second-order valence-corrected chi connectivity index (χ2v) is 9.28. The van der Waals surface area contributed by atoms with E-state index < -0.39 is 11.7 Å². The summed E-state index contributed by atoms with van der Waals surface area (Å²) in [4.78, 5) is 30.4. The molecule has 8 heteroatoms. The second-order valence-electron chi connectivity index (χ2n) is 8.20. The molecule has 0 aromatic heterocycles. The Hall–Kier alpha value is -2.74. The quantitative estimate of drug-likeness (QED) is 0.569. The zero-order valence-electron chi connectivity index (χ0n) is 17.6. The van der Waals surface area contributed by atoms with Gasteiger partial charge in [0.2, 0.25) is 5.91 Å². The van der Waals surface area contributed by atoms with Gasteiger partial charge >= 0.3 is 6.18 Å². The molecule has 4 rings (SSSR count). The van der Waals surface area contributed by atoms with Crippen molar-refractivity contribution in [3.05, 3.63) is 70.6 Å². The zero-order valence-corrected chi connectivity index (χ0v) is 18.4. The molecule has 2 aromatic rings. The van der Waals surface area contributed by atoms with Gasteiger partial charge in [0.05, 0.1) is 22.7 Å². The van der Waals surface area contributed by atoms with Gasteiger partial charge in [0.15, 0.2) is 0 Å². The second kappa shape index (κ2) is 9.02. The maximum atomic E-state index is 13.3. The Bertz CT molecular complexity index is 1070. The van der Waals surface area contributed by atoms with Crippen LogP contribution in [0.1, 0.15) is 30.9 Å². The van der Waals surface area contributed by atoms with Gasteiger partial charge < -0.3 is 9.80 Å². The molecule has 1 fully saturated rings. The molecule has 2 aliphatic heterocycles. The monoisotopic (exact) mass is 460 g/mol. The fraction of sp³-hybridized carbons (Fsp3) is 0.333. The highest BCUT2D eigenvalue weighted by Gasteiger charge is 2.33. The van der Waals surface area contributed by atoms with E-state index in [0.29, 0.717) is 30.3 Å². The first-order valence-corrected chi connectivity index (χ1v) is 11.3. The van der Waals surface area contributed by atoms with Crippen LogP contribution in [0.3, 0.4) is 0 Å². The number of carbonyl (C=O) groups excluding carboxylic acids is 2. The summed E-state index contributed by atoms with van der Waals surface area (Å²) in [6, 6.07) is 12.2. The van der Waals surface area contributed by atoms with Gasteiger partial charge in [-0.15, -0.1) is 0 Å². The maximum absolute atomic E-state index is 13.3. The molecule has 2 aliphatic rings. The zero-order chi connectivity index (χ0) is 22.9. The molecule has 4 nitrogen and oxygen atoms in total. The van der Waals surface area contributed by atoms with Crippen LogP contribution < -0.4 is 4.90 Å². The first-order chi connectivity index (χ1) is 15.2. The van der Waals surface area contributed by atoms with E-state index >= 15 is 0 Å². The Morgan fingerprint density at radius 3 is 2.72 bits per heavy atom. The molecular weight excluding hydrogens is 437 g/mol. The standard InChI is InChI=1S/C24H23F3N2O2S/c1-16-6-5-11-28(14-16)22(30)13-21-23(31)29(19-9-2-3-10-20(19)32-21)15-17-7-4-8-18(12-17)24(25,26)27/h2-4,7-10,12-13,16H,5-6,11,14-15H2,1H3/b21-13+/t16-/m0/s1. The van der Waals surface area contributed by atoms with Gasteiger partial charge in [-0.1, -0.05) is 43.0 Å². The lowest BCUT2D eigenvalue weighted by Gasteiger charge is -2.32. The fourth-order valence-electron chi connectivity index (χ4n) is 4.04. The molecule has 0 unspecified atom stereocenters. The van der Waals surface area contributed by atoms with E-state index in [1.54, 1.807) is 23.1 Å². The van der Waals surface area contributed by atoms with Crippen LogP contribution in [0.25, 0.3) is 0 Å². The number of carbonyl (C=O) groups is 2. The molecule has 0 bridgehead atoms. The third-order valence-corrected chi connectivity index (χ3v) is 6.73. The Kier molecular flexibility index (Phi) is 6.33. The van der Waals surface area contributed by atoms with Crippen molar-refractivity contribution in [1.82, 2.24) is 4.90 Å². The van der Waals surface area contributed by atoms with Crippen molar-refractivity contribution in [2.24, 2.45) is 5.92 Å². The minimum Gasteiger partial charge on any atom is -0.339 e. The number of thioether (sulfide) groups is 1. The summed E-state index contributed by atoms with van der Waals surface area (Å²) in [5, 5.41) is 0. The summed E-state index contributed by atoms with van der Waals surface area (Å²) < 4.78 is 39.4. The van der Waals surface area contributed by atoms with Crippen LogP contribution in [-0.2, 0) is 22.3 Å². The lowest BCUT2D eigenvalue weighted by molar-refractivity contribution is -0.137. The van der Waals surface area contributed by atoms with Crippen molar-refractivity contribution in [3.63, 3.8) is 0 Å². The molecular formula is C24H23F3N2O2S. The number of likely N-dealkylation sites (tertiary alicyclic amines) is 1. The van der Waals surface area contributed by atoms with E-state index in [-0.39, 0.29) is 23.3 Å². The van der Waals surface area contributed by atoms with Crippen LogP contribution in [0.2, 0.25) is 0 Å². The Morgan fingerprint density at radius 1 is 1.19 bits per heavy atom. The third-order valence-electron chi connectivity index (χ3n) is 5.65. The predicted octanol–water partition coefficient (Wildman–Crippen LogP) is 5.49. The number of hydrogen-bond acceptors (Lipinski definition) is 3. The maximum Gasteiger partial charge on any atom is 0.416 e. The highest BCUT2D eigenvalue weighted by Crippen LogP contribution is 2.42. The number of rotatable bonds is 3. The summed E-state index contributed by atoms with van der Waals surface area (Å²) in [6.07, 6.45) is -1.08. The topological polar surface area (TPSA) is 40.6 Å². The number of fused-ring (bicyclic) bond motifs is 1. The molecule has 32 heavy (non-hydrogen) atoms. The SMILES string of the molecule is C[C@H]1CCCN(C(=O)/C=C2/Sc3ccccc3N(Cc3cccc(C(F)(F)F)c3)C2=O)C1. The van der Waals surface area contributed by atoms with E-state index in [4.69, 9.17) is 0 Å². The van der Waals surface area contributed by atoms with Gasteiger partial charge in [0, 0.05) is 24.1 Å². The number of benzene rings is 2. The molecule has 168 valence electrons. The lowest BCUT2D eigenvalue weighted by atomic mass is 10.0. The Morgan fingerprint density at radius 2 is 1.97 bits per heavy atom. The summed E-state index contributed by atoms with van der Waals surface area (Å²) >= 11 is 1.22. The molecule has 0 aliphatic carbocycles. The molecule has 0 N–H and O–H groups in total. The molecule has 0 spiro atoms. The number of halogens is 3. The molecule has 2 amide bonds. The van der Waals surface area contributed by atoms with Crippen molar-refractivity contribution < 1.29 is 22.8 Å². The number of piperidine rings is 1. The van der Waals surface area contributed by atoms with Crippen LogP contribution in [0.4, 0.5) is 18.9 Å². The van der Waals surface area contributed by atoms with Crippen molar-refractivity contribution in [2.45, 2.75) is 37.4 Å². The highest BCUT2D eigenvalue weighted by molar-refractivity contribution is 8.04. The molecule has 0 radical (unpaired) electrons. The van der Waals surface area contributed by atoms with E-state index in [1.807, 2.05) is 12.1 Å². The number of anilines is 1. The fourth-order valence-corrected chi connectivity index (χ4v) is 5.06. The minimum absolute atomic E-state index is 0.0212. The van der Waals surface area contributed by atoms with Gasteiger partial charge in [-0.2, -0.15) is 13.2 Å². The third kappa shape index (κ3) is 4.85. The Labute approximate surface area is 189 Å². The van der Waals surface area contributed by atoms with Crippen molar-refractivity contribution >= 4 is 29.3 Å². The van der Waals surface area contributed by atoms with Gasteiger partial charge in [0.1, 0.15) is 0 Å². The summed E-state index contributed by atoms with van der Waals surface area (Å²) in [5.41, 5.74) is 0.230. The number of alkyl halides is 3. The summed E-state index contributed by atoms with van der Waals surface area (Å²) in [6.45, 7) is 3.40. The van der Waals surface area contributed by atoms with Gasteiger partial charge in [-0.05, 0) is 48.6 Å². The smallest absolute Gasteiger partial charge is 0.339 e. The number of nitrogens with zero attached hydrogens (tertiary/aromatic N) is 2. The molecule has 2 aromatic carbocycles. The lowest BCUT2D eigenvalue weighted by Crippen LogP contribution is -2.39. The molecule has 1 atom stereocenters. The highest BCUT2D eigenvalue weighted by atomic mass is 32.2. The average Bonchev–Trinajstić information content (AvgIpc) is 2.76. The summed E-state index contributed by atoms with van der Waals surface area (Å²) in [5.74, 6) is -0.172. The van der Waals surface area contributed by atoms with Gasteiger partial charge in [-0.3, -0.25) is 9.59 Å².